The van der Waals surface area contributed by atoms with Crippen LogP contribution < -0.4 is 9.47 Å². The molecule has 0 spiro atoms. The predicted octanol–water partition coefficient (Wildman–Crippen LogP) is 3.90. The third-order valence-electron chi connectivity index (χ3n) is 5.42. The summed E-state index contributed by atoms with van der Waals surface area (Å²) < 4.78 is 39.9. The van der Waals surface area contributed by atoms with Crippen LogP contribution in [0.1, 0.15) is 24.0 Å². The number of nitrogens with zero attached hydrogens (tertiary/aromatic N) is 1. The second-order valence-corrected chi connectivity index (χ2v) is 8.33. The summed E-state index contributed by atoms with van der Waals surface area (Å²) in [5, 5.41) is 21.0. The van der Waals surface area contributed by atoms with E-state index in [-0.39, 0.29) is 23.9 Å². The van der Waals surface area contributed by atoms with Gasteiger partial charge in [-0.15, -0.1) is 0 Å². The van der Waals surface area contributed by atoms with Crippen molar-refractivity contribution in [2.45, 2.75) is 44.0 Å². The highest BCUT2D eigenvalue weighted by Crippen LogP contribution is 2.31. The Bertz CT molecular complexity index is 955. The zero-order valence-corrected chi connectivity index (χ0v) is 17.5. The Hall–Kier alpha value is -2.37. The van der Waals surface area contributed by atoms with Crippen molar-refractivity contribution >= 4 is 9.39 Å². The molecule has 30 heavy (non-hydrogen) atoms. The van der Waals surface area contributed by atoms with Gasteiger partial charge in [0.2, 0.25) is 0 Å². The summed E-state index contributed by atoms with van der Waals surface area (Å²) in [7, 11) is 2.45. The van der Waals surface area contributed by atoms with E-state index in [4.69, 9.17) is 9.47 Å². The van der Waals surface area contributed by atoms with E-state index in [0.717, 1.165) is 11.1 Å². The van der Waals surface area contributed by atoms with Crippen LogP contribution in [0, 0.1) is 11.6 Å². The van der Waals surface area contributed by atoms with Gasteiger partial charge >= 0.3 is 0 Å². The summed E-state index contributed by atoms with van der Waals surface area (Å²) in [6.45, 7) is 0.213. The Balaban J connectivity index is 1.34. The molecule has 0 amide bonds. The molecule has 8 heteroatoms. The number of halogens is 2. The lowest BCUT2D eigenvalue weighted by molar-refractivity contribution is 0.0183. The molecule has 4 unspecified atom stereocenters. The van der Waals surface area contributed by atoms with E-state index >= 15 is 0 Å². The summed E-state index contributed by atoms with van der Waals surface area (Å²) in [5.41, 5.74) is 1.58. The molecule has 4 rings (SSSR count). The summed E-state index contributed by atoms with van der Waals surface area (Å²) >= 11 is 0. The van der Waals surface area contributed by atoms with Gasteiger partial charge < -0.3 is 24.4 Å². The van der Waals surface area contributed by atoms with Crippen LogP contribution in [0.4, 0.5) is 8.78 Å². The average Bonchev–Trinajstić information content (AvgIpc) is 2.72. The zero-order chi connectivity index (χ0) is 21.3. The van der Waals surface area contributed by atoms with Crippen LogP contribution in [0.3, 0.4) is 0 Å². The predicted molar refractivity (Wildman–Crippen MR) is 111 cm³/mol. The molecule has 0 bridgehead atoms. The number of hydrogen-bond acceptors (Lipinski definition) is 5. The molecule has 0 aromatic heterocycles. The Morgan fingerprint density at radius 3 is 2.33 bits per heavy atom. The fourth-order valence-electron chi connectivity index (χ4n) is 3.85. The molecule has 5 nitrogen and oxygen atoms in total. The molecule has 2 aromatic rings. The van der Waals surface area contributed by atoms with Crippen LogP contribution in [0.25, 0.3) is 0 Å². The van der Waals surface area contributed by atoms with Crippen LogP contribution in [0.5, 0.6) is 11.5 Å². The monoisotopic (exact) mass is 435 g/mol. The van der Waals surface area contributed by atoms with E-state index in [0.29, 0.717) is 37.2 Å². The number of ether oxygens (including phenoxy) is 2. The van der Waals surface area contributed by atoms with Crippen LogP contribution in [-0.2, 0) is 12.8 Å². The molecule has 2 aliphatic rings. The molecule has 0 aliphatic carbocycles. The first kappa shape index (κ1) is 20.9. The van der Waals surface area contributed by atoms with E-state index in [1.54, 1.807) is 16.8 Å². The van der Waals surface area contributed by atoms with E-state index in [1.165, 1.54) is 30.5 Å². The third-order valence-corrected chi connectivity index (χ3v) is 5.78. The van der Waals surface area contributed by atoms with E-state index < -0.39 is 18.3 Å². The normalized spacial score (nSPS) is 21.7. The first-order valence-corrected chi connectivity index (χ1v) is 10.4. The Morgan fingerprint density at radius 2 is 1.67 bits per heavy atom. The van der Waals surface area contributed by atoms with Crippen molar-refractivity contribution in [1.29, 1.82) is 0 Å². The highest BCUT2D eigenvalue weighted by Gasteiger charge is 2.28. The minimum absolute atomic E-state index is 0.0255. The Morgan fingerprint density at radius 1 is 1.07 bits per heavy atom. The molecule has 2 aliphatic heterocycles. The molecule has 0 fully saturated rings. The van der Waals surface area contributed by atoms with Crippen LogP contribution in [-0.4, -0.2) is 39.7 Å². The summed E-state index contributed by atoms with van der Waals surface area (Å²) in [5.74, 6) is 0.571. The van der Waals surface area contributed by atoms with Gasteiger partial charge in [-0.1, -0.05) is 0 Å². The molecule has 2 heterocycles. The van der Waals surface area contributed by atoms with Crippen molar-refractivity contribution in [1.82, 2.24) is 4.67 Å². The highest BCUT2D eigenvalue weighted by molar-refractivity contribution is 7.13. The number of aliphatic hydroxyl groups is 2. The summed E-state index contributed by atoms with van der Waals surface area (Å²) in [6.07, 6.45) is 2.07. The van der Waals surface area contributed by atoms with E-state index in [1.807, 2.05) is 0 Å². The lowest BCUT2D eigenvalue weighted by Gasteiger charge is -2.31. The molecule has 4 atom stereocenters. The fraction of sp³-hybridized carbons (Fsp3) is 0.364. The average molecular weight is 435 g/mol. The molecule has 0 radical (unpaired) electrons. The maximum Gasteiger partial charge on any atom is 0.157 e. The van der Waals surface area contributed by atoms with Gasteiger partial charge in [-0.25, -0.2) is 8.78 Å². The van der Waals surface area contributed by atoms with Crippen molar-refractivity contribution in [3.05, 3.63) is 71.1 Å². The van der Waals surface area contributed by atoms with Crippen LogP contribution >= 0.6 is 9.39 Å². The molecular weight excluding hydrogens is 411 g/mol. The van der Waals surface area contributed by atoms with Gasteiger partial charge in [0.1, 0.15) is 41.1 Å². The molecule has 160 valence electrons. The Labute approximate surface area is 176 Å². The number of benzene rings is 2. The van der Waals surface area contributed by atoms with Crippen molar-refractivity contribution in [2.24, 2.45) is 0 Å². The maximum atomic E-state index is 13.3. The van der Waals surface area contributed by atoms with Gasteiger partial charge in [0.15, 0.2) is 6.10 Å². The SMILES string of the molecule is O/C(=C\N(P)CC(O)C1CCc2cc(F)ccc2O1)C1CCc2cc(F)ccc2O1. The Kier molecular flexibility index (Phi) is 6.11. The number of aliphatic hydroxyl groups excluding tert-OH is 2. The summed E-state index contributed by atoms with van der Waals surface area (Å²) in [6, 6.07) is 8.72. The minimum atomic E-state index is -0.805. The first-order valence-electron chi connectivity index (χ1n) is 9.89. The quantitative estimate of drug-likeness (QED) is 0.551. The fourth-order valence-corrected chi connectivity index (χ4v) is 4.22. The number of fused-ring (bicyclic) bond motifs is 2. The van der Waals surface area contributed by atoms with E-state index in [2.05, 4.69) is 9.39 Å². The van der Waals surface area contributed by atoms with Gasteiger partial charge in [-0.05, 0) is 82.6 Å². The van der Waals surface area contributed by atoms with Crippen molar-refractivity contribution in [3.8, 4) is 11.5 Å². The molecular formula is C22H24F2NO4P. The topological polar surface area (TPSA) is 62.2 Å². The van der Waals surface area contributed by atoms with E-state index in [9.17, 15) is 19.0 Å². The van der Waals surface area contributed by atoms with Crippen molar-refractivity contribution in [2.75, 3.05) is 6.54 Å². The molecule has 2 N–H and O–H groups in total. The van der Waals surface area contributed by atoms with Gasteiger partial charge in [-0.3, -0.25) is 0 Å². The van der Waals surface area contributed by atoms with Crippen molar-refractivity contribution in [3.63, 3.8) is 0 Å². The van der Waals surface area contributed by atoms with Crippen LogP contribution in [0.2, 0.25) is 0 Å². The van der Waals surface area contributed by atoms with Gasteiger partial charge in [0, 0.05) is 6.20 Å². The largest absolute Gasteiger partial charge is 0.507 e. The van der Waals surface area contributed by atoms with Crippen LogP contribution in [0.15, 0.2) is 48.4 Å². The molecule has 0 saturated heterocycles. The maximum absolute atomic E-state index is 13.3. The third kappa shape index (κ3) is 4.68. The number of hydrogen-bond donors (Lipinski definition) is 2. The van der Waals surface area contributed by atoms with Gasteiger partial charge in [-0.2, -0.15) is 0 Å². The second kappa shape index (κ2) is 8.78. The highest BCUT2D eigenvalue weighted by atomic mass is 31.0. The second-order valence-electron chi connectivity index (χ2n) is 7.66. The molecule has 0 saturated carbocycles. The lowest BCUT2D eigenvalue weighted by Crippen LogP contribution is -2.40. The minimum Gasteiger partial charge on any atom is -0.507 e. The molecule has 2 aromatic carbocycles. The standard InChI is InChI=1S/C22H24F2NO4P/c23-15-3-7-19-13(9-15)1-5-21(28-19)17(26)11-25(30)12-18(27)22-6-2-14-10-16(24)4-8-20(14)29-22/h3-4,7-11,18,21-22,26-27H,1-2,5-6,12,30H2/b17-11-. The summed E-state index contributed by atoms with van der Waals surface area (Å²) in [4.78, 5) is 0. The number of rotatable bonds is 5. The smallest absolute Gasteiger partial charge is 0.157 e. The first-order chi connectivity index (χ1) is 14.4. The van der Waals surface area contributed by atoms with Gasteiger partial charge in [0.05, 0.1) is 6.54 Å². The lowest BCUT2D eigenvalue weighted by atomic mass is 9.99. The zero-order valence-electron chi connectivity index (χ0n) is 16.3. The number of aryl methyl sites for hydroxylation is 2. The van der Waals surface area contributed by atoms with Gasteiger partial charge in [0.25, 0.3) is 0 Å². The van der Waals surface area contributed by atoms with Crippen molar-refractivity contribution < 1.29 is 28.5 Å².